The molecular weight excluding hydrogens is 184 g/mol. The Hall–Kier alpha value is -0.850. The van der Waals surface area contributed by atoms with Gasteiger partial charge in [0.05, 0.1) is 0 Å². The molecule has 0 aromatic rings. The van der Waals surface area contributed by atoms with Crippen molar-refractivity contribution in [2.45, 2.75) is 34.1 Å². The average Bonchev–Trinajstić information content (AvgIpc) is 2.18. The summed E-state index contributed by atoms with van der Waals surface area (Å²) in [5, 5.41) is 0. The van der Waals surface area contributed by atoms with Gasteiger partial charge >= 0.3 is 0 Å². The van der Waals surface area contributed by atoms with E-state index in [1.807, 2.05) is 6.08 Å². The first-order valence-corrected chi connectivity index (χ1v) is 5.90. The summed E-state index contributed by atoms with van der Waals surface area (Å²) in [7, 11) is 0. The highest BCUT2D eigenvalue weighted by Crippen LogP contribution is 2.52. The molecule has 4 unspecified atom stereocenters. The Labute approximate surface area is 92.3 Å². The minimum atomic E-state index is 0.116. The van der Waals surface area contributed by atoms with E-state index in [2.05, 4.69) is 33.8 Å². The smallest absolute Gasteiger partial charge is 0.178 e. The van der Waals surface area contributed by atoms with Crippen LogP contribution in [0.3, 0.4) is 0 Å². The number of hydrogen-bond donors (Lipinski definition) is 0. The van der Waals surface area contributed by atoms with Crippen molar-refractivity contribution in [2.24, 2.45) is 23.2 Å². The normalized spacial score (nSPS) is 44.9. The van der Waals surface area contributed by atoms with Crippen molar-refractivity contribution in [1.29, 1.82) is 0 Å². The zero-order valence-corrected chi connectivity index (χ0v) is 10.1. The molecule has 0 heterocycles. The van der Waals surface area contributed by atoms with Crippen molar-refractivity contribution in [3.8, 4) is 0 Å². The lowest BCUT2D eigenvalue weighted by molar-refractivity contribution is -0.110. The third-order valence-corrected chi connectivity index (χ3v) is 4.57. The molecule has 0 aromatic carbocycles. The summed E-state index contributed by atoms with van der Waals surface area (Å²) in [5.74, 6) is 2.08. The lowest BCUT2D eigenvalue weighted by Crippen LogP contribution is -2.40. The Balaban J connectivity index is 2.45. The van der Waals surface area contributed by atoms with E-state index in [-0.39, 0.29) is 11.2 Å². The molecule has 2 aliphatic rings. The number of allylic oxidation sites excluding steroid dienone is 4. The first-order chi connectivity index (χ1) is 6.95. The Bertz CT molecular complexity index is 350. The van der Waals surface area contributed by atoms with Crippen LogP contribution in [0.15, 0.2) is 23.8 Å². The van der Waals surface area contributed by atoms with E-state index in [0.717, 1.165) is 5.92 Å². The van der Waals surface area contributed by atoms with Gasteiger partial charge in [-0.05, 0) is 36.3 Å². The van der Waals surface area contributed by atoms with Gasteiger partial charge < -0.3 is 0 Å². The summed E-state index contributed by atoms with van der Waals surface area (Å²) >= 11 is 0. The zero-order chi connectivity index (χ0) is 11.2. The molecule has 0 aliphatic heterocycles. The van der Waals surface area contributed by atoms with Crippen LogP contribution in [0.25, 0.3) is 0 Å². The summed E-state index contributed by atoms with van der Waals surface area (Å²) in [6, 6.07) is 0. The molecule has 0 bridgehead atoms. The Morgan fingerprint density at radius 3 is 2.67 bits per heavy atom. The van der Waals surface area contributed by atoms with Crippen LogP contribution >= 0.6 is 0 Å². The highest BCUT2D eigenvalue weighted by molar-refractivity contribution is 6.01. The summed E-state index contributed by atoms with van der Waals surface area (Å²) in [6.45, 7) is 9.16. The lowest BCUT2D eigenvalue weighted by Gasteiger charge is -2.48. The van der Waals surface area contributed by atoms with Crippen LogP contribution in [0.5, 0.6) is 0 Å². The number of carbonyl (C=O) groups is 1. The van der Waals surface area contributed by atoms with Crippen molar-refractivity contribution >= 4 is 5.78 Å². The molecule has 1 nitrogen and oxygen atoms in total. The van der Waals surface area contributed by atoms with Crippen LogP contribution in [-0.2, 0) is 4.79 Å². The number of ketones is 1. The van der Waals surface area contributed by atoms with Gasteiger partial charge in [-0.3, -0.25) is 4.79 Å². The molecule has 1 heteroatoms. The molecule has 0 N–H and O–H groups in total. The van der Waals surface area contributed by atoms with Gasteiger partial charge in [0, 0.05) is 5.41 Å². The third-order valence-electron chi connectivity index (χ3n) is 4.57. The first kappa shape index (κ1) is 10.7. The highest BCUT2D eigenvalue weighted by Gasteiger charge is 2.43. The maximum absolute atomic E-state index is 11.4. The van der Waals surface area contributed by atoms with Gasteiger partial charge in [-0.2, -0.15) is 0 Å². The molecule has 15 heavy (non-hydrogen) atoms. The highest BCUT2D eigenvalue weighted by atomic mass is 16.1. The summed E-state index contributed by atoms with van der Waals surface area (Å²) in [6.07, 6.45) is 6.95. The minimum Gasteiger partial charge on any atom is -0.290 e. The second kappa shape index (κ2) is 3.33. The number of fused-ring (bicyclic) bond motifs is 1. The predicted octanol–water partition coefficient (Wildman–Crippen LogP) is 3.37. The van der Waals surface area contributed by atoms with E-state index in [0.29, 0.717) is 11.8 Å². The molecule has 2 rings (SSSR count). The lowest BCUT2D eigenvalue weighted by atomic mass is 9.56. The Morgan fingerprint density at radius 1 is 1.33 bits per heavy atom. The summed E-state index contributed by atoms with van der Waals surface area (Å²) in [5.41, 5.74) is 1.46. The minimum absolute atomic E-state index is 0.116. The van der Waals surface area contributed by atoms with Crippen LogP contribution in [0.2, 0.25) is 0 Å². The van der Waals surface area contributed by atoms with Gasteiger partial charge in [-0.15, -0.1) is 0 Å². The Morgan fingerprint density at radius 2 is 2.00 bits per heavy atom. The molecule has 0 saturated heterocycles. The van der Waals surface area contributed by atoms with Crippen molar-refractivity contribution in [3.05, 3.63) is 23.8 Å². The van der Waals surface area contributed by atoms with Gasteiger partial charge in [-0.25, -0.2) is 0 Å². The monoisotopic (exact) mass is 204 g/mol. The van der Waals surface area contributed by atoms with Crippen LogP contribution in [0.1, 0.15) is 34.1 Å². The molecular formula is C14H20O. The number of carbonyl (C=O) groups excluding carboxylic acids is 1. The summed E-state index contributed by atoms with van der Waals surface area (Å²) in [4.78, 5) is 11.4. The van der Waals surface area contributed by atoms with Gasteiger partial charge in [0.1, 0.15) is 0 Å². The van der Waals surface area contributed by atoms with Crippen molar-refractivity contribution in [1.82, 2.24) is 0 Å². The van der Waals surface area contributed by atoms with E-state index >= 15 is 0 Å². The molecule has 1 fully saturated rings. The van der Waals surface area contributed by atoms with Gasteiger partial charge in [0.15, 0.2) is 5.78 Å². The molecule has 1 saturated carbocycles. The molecule has 0 aromatic heterocycles. The van der Waals surface area contributed by atoms with Gasteiger partial charge in [0.2, 0.25) is 0 Å². The van der Waals surface area contributed by atoms with E-state index in [4.69, 9.17) is 0 Å². The maximum atomic E-state index is 11.4. The van der Waals surface area contributed by atoms with Crippen LogP contribution < -0.4 is 0 Å². The van der Waals surface area contributed by atoms with Crippen molar-refractivity contribution in [3.63, 3.8) is 0 Å². The third kappa shape index (κ3) is 1.49. The first-order valence-electron chi connectivity index (χ1n) is 5.90. The quantitative estimate of drug-likeness (QED) is 0.591. The second-order valence-corrected chi connectivity index (χ2v) is 5.52. The van der Waals surface area contributed by atoms with Crippen LogP contribution in [0.4, 0.5) is 0 Å². The van der Waals surface area contributed by atoms with Crippen LogP contribution in [-0.4, -0.2) is 5.78 Å². The molecule has 0 spiro atoms. The van der Waals surface area contributed by atoms with E-state index in [9.17, 15) is 4.79 Å². The van der Waals surface area contributed by atoms with Gasteiger partial charge in [0.25, 0.3) is 0 Å². The van der Waals surface area contributed by atoms with Crippen molar-refractivity contribution in [2.75, 3.05) is 0 Å². The number of rotatable bonds is 0. The maximum Gasteiger partial charge on any atom is 0.178 e. The predicted molar refractivity (Wildman–Crippen MR) is 62.4 cm³/mol. The van der Waals surface area contributed by atoms with Gasteiger partial charge in [-0.1, -0.05) is 39.3 Å². The number of hydrogen-bond acceptors (Lipinski definition) is 1. The van der Waals surface area contributed by atoms with E-state index in [1.165, 1.54) is 12.0 Å². The molecule has 82 valence electrons. The van der Waals surface area contributed by atoms with Crippen molar-refractivity contribution < 1.29 is 4.79 Å². The fraction of sp³-hybridized carbons (Fsp3) is 0.643. The summed E-state index contributed by atoms with van der Waals surface area (Å²) < 4.78 is 0. The van der Waals surface area contributed by atoms with E-state index < -0.39 is 0 Å². The van der Waals surface area contributed by atoms with E-state index in [1.54, 1.807) is 6.08 Å². The second-order valence-electron chi connectivity index (χ2n) is 5.52. The molecule has 4 atom stereocenters. The zero-order valence-electron chi connectivity index (χ0n) is 10.1. The SMILES string of the molecule is CC1CC(C)C(C)C2(C)C=CC(=O)C=C12. The molecule has 0 amide bonds. The fourth-order valence-electron chi connectivity index (χ4n) is 3.28. The molecule has 0 radical (unpaired) electrons. The fourth-order valence-corrected chi connectivity index (χ4v) is 3.28. The topological polar surface area (TPSA) is 17.1 Å². The van der Waals surface area contributed by atoms with Crippen LogP contribution in [0, 0.1) is 23.2 Å². The average molecular weight is 204 g/mol. The Kier molecular flexibility index (Phi) is 2.37. The standard InChI is InChI=1S/C14H20O/c1-9-7-10(2)13-8-12(15)5-6-14(13,4)11(9)3/h5-6,8-11H,7H2,1-4H3. The molecule has 2 aliphatic carbocycles. The largest absolute Gasteiger partial charge is 0.290 e.